The number of hydrogen-bond acceptors (Lipinski definition) is 2. The van der Waals surface area contributed by atoms with E-state index < -0.39 is 0 Å². The molecule has 0 amide bonds. The van der Waals surface area contributed by atoms with Gasteiger partial charge in [-0.25, -0.2) is 0 Å². The first-order valence-electron chi connectivity index (χ1n) is 9.94. The number of aryl methyl sites for hydroxylation is 4. The Morgan fingerprint density at radius 2 is 1.00 bits per heavy atom. The van der Waals surface area contributed by atoms with Crippen LogP contribution in [-0.2, 0) is 25.7 Å². The Bertz CT molecular complexity index is 604. The zero-order chi connectivity index (χ0) is 18.1. The molecule has 0 atom stereocenters. The fourth-order valence-corrected chi connectivity index (χ4v) is 3.53. The smallest absolute Gasteiger partial charge is 0.0849 e. The van der Waals surface area contributed by atoms with Gasteiger partial charge in [0.05, 0.1) is 6.67 Å². The molecule has 0 aromatic heterocycles. The highest BCUT2D eigenvalue weighted by atomic mass is 15.1. The number of nitrogens with one attached hydrogen (secondary N) is 2. The molecule has 0 fully saturated rings. The maximum atomic E-state index is 3.68. The van der Waals surface area contributed by atoms with E-state index in [1.165, 1.54) is 46.5 Å². The van der Waals surface area contributed by atoms with Crippen molar-refractivity contribution in [2.75, 3.05) is 17.3 Å². The summed E-state index contributed by atoms with van der Waals surface area (Å²) in [5, 5.41) is 7.35. The average molecular weight is 339 g/mol. The van der Waals surface area contributed by atoms with Crippen molar-refractivity contribution in [2.45, 2.75) is 66.2 Å². The Balaban J connectivity index is 2.16. The van der Waals surface area contributed by atoms with E-state index in [1.54, 1.807) is 0 Å². The predicted octanol–water partition coefficient (Wildman–Crippen LogP) is 6.20. The van der Waals surface area contributed by atoms with Crippen LogP contribution in [0.2, 0.25) is 0 Å². The summed E-state index contributed by atoms with van der Waals surface area (Å²) < 4.78 is 0. The van der Waals surface area contributed by atoms with E-state index in [0.29, 0.717) is 0 Å². The highest BCUT2D eigenvalue weighted by Crippen LogP contribution is 2.25. The zero-order valence-electron chi connectivity index (χ0n) is 16.4. The molecule has 2 rings (SSSR count). The minimum Gasteiger partial charge on any atom is -0.367 e. The van der Waals surface area contributed by atoms with Gasteiger partial charge in [-0.2, -0.15) is 0 Å². The second-order valence-electron chi connectivity index (χ2n) is 6.64. The van der Waals surface area contributed by atoms with E-state index in [4.69, 9.17) is 0 Å². The third-order valence-corrected chi connectivity index (χ3v) is 4.80. The van der Waals surface area contributed by atoms with Crippen LogP contribution in [0.5, 0.6) is 0 Å². The molecule has 0 saturated carbocycles. The number of anilines is 2. The maximum absolute atomic E-state index is 3.68. The van der Waals surface area contributed by atoms with E-state index in [0.717, 1.165) is 32.4 Å². The van der Waals surface area contributed by atoms with Crippen LogP contribution in [0.25, 0.3) is 0 Å². The van der Waals surface area contributed by atoms with Crippen molar-refractivity contribution in [3.63, 3.8) is 0 Å². The van der Waals surface area contributed by atoms with Gasteiger partial charge < -0.3 is 10.6 Å². The monoisotopic (exact) mass is 338 g/mol. The molecule has 136 valence electrons. The van der Waals surface area contributed by atoms with Gasteiger partial charge in [0, 0.05) is 11.4 Å². The number of para-hydroxylation sites is 2. The fraction of sp³-hybridized carbons (Fsp3) is 0.478. The Kier molecular flexibility index (Phi) is 7.84. The minimum atomic E-state index is 0.765. The minimum absolute atomic E-state index is 0.765. The van der Waals surface area contributed by atoms with E-state index in [1.807, 2.05) is 0 Å². The van der Waals surface area contributed by atoms with Gasteiger partial charge in [-0.15, -0.1) is 0 Å². The zero-order valence-corrected chi connectivity index (χ0v) is 16.4. The maximum Gasteiger partial charge on any atom is 0.0849 e. The van der Waals surface area contributed by atoms with Gasteiger partial charge in [0.15, 0.2) is 0 Å². The molecule has 0 unspecified atom stereocenters. The van der Waals surface area contributed by atoms with E-state index in [2.05, 4.69) is 74.7 Å². The summed E-state index contributed by atoms with van der Waals surface area (Å²) in [6, 6.07) is 13.4. The summed E-state index contributed by atoms with van der Waals surface area (Å²) in [5.41, 5.74) is 8.33. The lowest BCUT2D eigenvalue weighted by Crippen LogP contribution is -2.16. The molecular weight excluding hydrogens is 304 g/mol. The number of benzene rings is 2. The predicted molar refractivity (Wildman–Crippen MR) is 112 cm³/mol. The fourth-order valence-electron chi connectivity index (χ4n) is 3.53. The molecule has 0 heterocycles. The van der Waals surface area contributed by atoms with Crippen LogP contribution in [0.15, 0.2) is 36.4 Å². The summed E-state index contributed by atoms with van der Waals surface area (Å²) in [6.07, 6.45) is 6.73. The van der Waals surface area contributed by atoms with Crippen molar-refractivity contribution in [1.82, 2.24) is 0 Å². The summed E-state index contributed by atoms with van der Waals surface area (Å²) in [5.74, 6) is 0. The third-order valence-electron chi connectivity index (χ3n) is 4.80. The number of hydrogen-bond donors (Lipinski definition) is 2. The molecule has 0 bridgehead atoms. The van der Waals surface area contributed by atoms with Crippen LogP contribution in [0, 0.1) is 0 Å². The van der Waals surface area contributed by atoms with E-state index >= 15 is 0 Å². The van der Waals surface area contributed by atoms with Crippen molar-refractivity contribution in [3.05, 3.63) is 58.7 Å². The Hall–Kier alpha value is -1.96. The highest BCUT2D eigenvalue weighted by Gasteiger charge is 2.09. The van der Waals surface area contributed by atoms with Gasteiger partial charge in [-0.1, -0.05) is 76.9 Å². The summed E-state index contributed by atoms with van der Waals surface area (Å²) in [7, 11) is 0. The molecule has 2 nitrogen and oxygen atoms in total. The van der Waals surface area contributed by atoms with Crippen LogP contribution >= 0.6 is 0 Å². The van der Waals surface area contributed by atoms with Crippen molar-refractivity contribution in [3.8, 4) is 0 Å². The van der Waals surface area contributed by atoms with Crippen LogP contribution in [0.3, 0.4) is 0 Å². The SMILES string of the molecule is CCCc1cccc(CC)c1NCNc1c(CC)cccc1CCC. The van der Waals surface area contributed by atoms with Gasteiger partial charge in [0.1, 0.15) is 0 Å². The van der Waals surface area contributed by atoms with E-state index in [9.17, 15) is 0 Å². The number of rotatable bonds is 10. The molecule has 0 spiro atoms. The normalized spacial score (nSPS) is 10.7. The van der Waals surface area contributed by atoms with Crippen LogP contribution < -0.4 is 10.6 Å². The van der Waals surface area contributed by atoms with Gasteiger partial charge >= 0.3 is 0 Å². The Labute approximate surface area is 154 Å². The van der Waals surface area contributed by atoms with Gasteiger partial charge in [-0.3, -0.25) is 0 Å². The first-order chi connectivity index (χ1) is 12.2. The molecule has 0 aliphatic carbocycles. The van der Waals surface area contributed by atoms with E-state index in [-0.39, 0.29) is 0 Å². The lowest BCUT2D eigenvalue weighted by atomic mass is 10.0. The molecule has 0 saturated heterocycles. The molecule has 0 radical (unpaired) electrons. The third kappa shape index (κ3) is 5.01. The summed E-state index contributed by atoms with van der Waals surface area (Å²) in [6.45, 7) is 9.72. The van der Waals surface area contributed by atoms with Crippen LogP contribution in [0.4, 0.5) is 11.4 Å². The Morgan fingerprint density at radius 1 is 0.600 bits per heavy atom. The van der Waals surface area contributed by atoms with Gasteiger partial charge in [-0.05, 0) is 47.9 Å². The lowest BCUT2D eigenvalue weighted by molar-refractivity contribution is 0.911. The average Bonchev–Trinajstić information content (AvgIpc) is 2.64. The summed E-state index contributed by atoms with van der Waals surface area (Å²) in [4.78, 5) is 0. The van der Waals surface area contributed by atoms with Gasteiger partial charge in [0.2, 0.25) is 0 Å². The quantitative estimate of drug-likeness (QED) is 0.504. The molecule has 2 aromatic rings. The molecule has 0 aliphatic heterocycles. The molecule has 0 aliphatic rings. The highest BCUT2D eigenvalue weighted by molar-refractivity contribution is 5.61. The van der Waals surface area contributed by atoms with Gasteiger partial charge in [0.25, 0.3) is 0 Å². The second-order valence-corrected chi connectivity index (χ2v) is 6.64. The molecule has 25 heavy (non-hydrogen) atoms. The molecule has 2 heteroatoms. The first-order valence-corrected chi connectivity index (χ1v) is 9.94. The topological polar surface area (TPSA) is 24.1 Å². The second kappa shape index (κ2) is 10.1. The van der Waals surface area contributed by atoms with Crippen molar-refractivity contribution < 1.29 is 0 Å². The van der Waals surface area contributed by atoms with Crippen molar-refractivity contribution >= 4 is 11.4 Å². The van der Waals surface area contributed by atoms with Crippen LogP contribution in [0.1, 0.15) is 62.8 Å². The van der Waals surface area contributed by atoms with Crippen LogP contribution in [-0.4, -0.2) is 6.67 Å². The molecular formula is C23H34N2. The lowest BCUT2D eigenvalue weighted by Gasteiger charge is -2.20. The first kappa shape index (κ1) is 19.4. The van der Waals surface area contributed by atoms with Crippen molar-refractivity contribution in [1.29, 1.82) is 0 Å². The summed E-state index contributed by atoms with van der Waals surface area (Å²) >= 11 is 0. The molecule has 2 N–H and O–H groups in total. The largest absolute Gasteiger partial charge is 0.367 e. The Morgan fingerprint density at radius 3 is 1.36 bits per heavy atom. The van der Waals surface area contributed by atoms with Crippen molar-refractivity contribution in [2.24, 2.45) is 0 Å². The molecule has 2 aromatic carbocycles. The standard InChI is InChI=1S/C23H34N2/c1-5-11-20-15-9-13-18(7-3)22(20)24-17-25-23-19(8-4)14-10-16-21(23)12-6-2/h9-10,13-16,24-25H,5-8,11-12,17H2,1-4H3.